The third-order valence-corrected chi connectivity index (χ3v) is 2.92. The molecular formula is C12H10FN3O2S. The number of amides is 1. The zero-order chi connectivity index (χ0) is 14.0. The van der Waals surface area contributed by atoms with Gasteiger partial charge in [-0.2, -0.15) is 0 Å². The smallest absolute Gasteiger partial charge is 0.266 e. The molecule has 0 aliphatic carbocycles. The van der Waals surface area contributed by atoms with Crippen LogP contribution < -0.4 is 10.9 Å². The monoisotopic (exact) mass is 279 g/mol. The predicted octanol–water partition coefficient (Wildman–Crippen LogP) is 1.83. The lowest BCUT2D eigenvalue weighted by molar-refractivity contribution is 0.102. The van der Waals surface area contributed by atoms with Gasteiger partial charge in [0.25, 0.3) is 11.5 Å². The van der Waals surface area contributed by atoms with E-state index in [1.165, 1.54) is 37.5 Å². The first-order chi connectivity index (χ1) is 8.99. The summed E-state index contributed by atoms with van der Waals surface area (Å²) in [6, 6.07) is 5.24. The van der Waals surface area contributed by atoms with Gasteiger partial charge in [-0.05, 0) is 36.5 Å². The summed E-state index contributed by atoms with van der Waals surface area (Å²) in [5.41, 5.74) is -0.167. The fraction of sp³-hybridized carbons (Fsp3) is 0.0833. The highest BCUT2D eigenvalue weighted by Crippen LogP contribution is 2.09. The Kier molecular flexibility index (Phi) is 3.57. The van der Waals surface area contributed by atoms with E-state index in [1.807, 2.05) is 0 Å². The Morgan fingerprint density at radius 2 is 2.00 bits per heavy atom. The molecule has 1 aromatic carbocycles. The van der Waals surface area contributed by atoms with Crippen molar-refractivity contribution in [3.8, 4) is 0 Å². The summed E-state index contributed by atoms with van der Waals surface area (Å²) in [7, 11) is 1.47. The third-order valence-electron chi connectivity index (χ3n) is 2.53. The number of rotatable bonds is 2. The van der Waals surface area contributed by atoms with Crippen molar-refractivity contribution in [2.24, 2.45) is 7.05 Å². The Labute approximate surface area is 112 Å². The molecule has 5 nitrogen and oxygen atoms in total. The first-order valence-corrected chi connectivity index (χ1v) is 5.75. The van der Waals surface area contributed by atoms with Crippen molar-refractivity contribution in [3.63, 3.8) is 0 Å². The molecule has 0 fully saturated rings. The van der Waals surface area contributed by atoms with Crippen molar-refractivity contribution in [2.75, 3.05) is 5.32 Å². The molecule has 2 aromatic rings. The number of H-pyrrole nitrogens is 1. The van der Waals surface area contributed by atoms with Crippen molar-refractivity contribution in [1.82, 2.24) is 9.55 Å². The van der Waals surface area contributed by atoms with Crippen LogP contribution in [0.1, 0.15) is 10.4 Å². The van der Waals surface area contributed by atoms with Gasteiger partial charge in [0, 0.05) is 18.9 Å². The molecule has 0 saturated carbocycles. The molecule has 0 spiro atoms. The largest absolute Gasteiger partial charge is 0.338 e. The second-order valence-corrected chi connectivity index (χ2v) is 4.22. The number of benzene rings is 1. The third kappa shape index (κ3) is 2.76. The molecule has 0 unspecified atom stereocenters. The van der Waals surface area contributed by atoms with Gasteiger partial charge in [-0.1, -0.05) is 0 Å². The molecule has 0 aliphatic rings. The number of hydrogen-bond acceptors (Lipinski definition) is 3. The standard InChI is InChI=1S/C12H10FN3O2S/c1-16-11(18)9(6-14-12(16)19)10(17)15-8-4-2-7(13)3-5-8/h2-6H,1H3,(H,14,19)(H,15,17). The Balaban J connectivity index is 2.31. The van der Waals surface area contributed by atoms with Crippen LogP contribution in [0, 0.1) is 10.6 Å². The molecule has 0 atom stereocenters. The average molecular weight is 279 g/mol. The Bertz CT molecular complexity index is 734. The minimum atomic E-state index is -0.585. The molecular weight excluding hydrogens is 269 g/mol. The van der Waals surface area contributed by atoms with E-state index >= 15 is 0 Å². The fourth-order valence-electron chi connectivity index (χ4n) is 1.46. The van der Waals surface area contributed by atoms with E-state index < -0.39 is 17.3 Å². The number of aromatic nitrogens is 2. The molecule has 0 aliphatic heterocycles. The molecule has 1 amide bonds. The van der Waals surface area contributed by atoms with Gasteiger partial charge in [-0.3, -0.25) is 14.2 Å². The lowest BCUT2D eigenvalue weighted by Crippen LogP contribution is -2.28. The van der Waals surface area contributed by atoms with E-state index in [0.29, 0.717) is 5.69 Å². The quantitative estimate of drug-likeness (QED) is 0.824. The number of hydrogen-bond donors (Lipinski definition) is 2. The van der Waals surface area contributed by atoms with E-state index in [1.54, 1.807) is 0 Å². The number of aromatic amines is 1. The van der Waals surface area contributed by atoms with Gasteiger partial charge in [0.15, 0.2) is 4.77 Å². The number of carbonyl (C=O) groups excluding carboxylic acids is 1. The number of nitrogens with zero attached hydrogens (tertiary/aromatic N) is 1. The van der Waals surface area contributed by atoms with Crippen molar-refractivity contribution in [1.29, 1.82) is 0 Å². The van der Waals surface area contributed by atoms with E-state index in [-0.39, 0.29) is 10.3 Å². The first kappa shape index (κ1) is 13.2. The number of carbonyl (C=O) groups is 1. The predicted molar refractivity (Wildman–Crippen MR) is 71.2 cm³/mol. The molecule has 0 saturated heterocycles. The Morgan fingerprint density at radius 1 is 1.37 bits per heavy atom. The van der Waals surface area contributed by atoms with Crippen LogP contribution >= 0.6 is 12.2 Å². The first-order valence-electron chi connectivity index (χ1n) is 5.34. The van der Waals surface area contributed by atoms with Crippen molar-refractivity contribution >= 4 is 23.8 Å². The van der Waals surface area contributed by atoms with Gasteiger partial charge in [0.1, 0.15) is 11.4 Å². The van der Waals surface area contributed by atoms with Crippen LogP contribution in [0.2, 0.25) is 0 Å². The van der Waals surface area contributed by atoms with Gasteiger partial charge >= 0.3 is 0 Å². The van der Waals surface area contributed by atoms with Crippen LogP contribution in [0.3, 0.4) is 0 Å². The van der Waals surface area contributed by atoms with Gasteiger partial charge in [0.2, 0.25) is 0 Å². The van der Waals surface area contributed by atoms with Crippen molar-refractivity contribution in [3.05, 3.63) is 57.0 Å². The summed E-state index contributed by atoms with van der Waals surface area (Å²) in [6.45, 7) is 0. The normalized spacial score (nSPS) is 10.2. The van der Waals surface area contributed by atoms with Gasteiger partial charge in [0.05, 0.1) is 0 Å². The summed E-state index contributed by atoms with van der Waals surface area (Å²) in [5, 5.41) is 2.50. The van der Waals surface area contributed by atoms with Crippen molar-refractivity contribution in [2.45, 2.75) is 0 Å². The highest BCUT2D eigenvalue weighted by Gasteiger charge is 2.12. The van der Waals surface area contributed by atoms with Crippen LogP contribution in [0.4, 0.5) is 10.1 Å². The van der Waals surface area contributed by atoms with E-state index in [0.717, 1.165) is 4.57 Å². The SMILES string of the molecule is Cn1c(=S)[nH]cc(C(=O)Nc2ccc(F)cc2)c1=O. The second-order valence-electron chi connectivity index (χ2n) is 3.83. The highest BCUT2D eigenvalue weighted by molar-refractivity contribution is 7.71. The molecule has 98 valence electrons. The molecule has 7 heteroatoms. The van der Waals surface area contributed by atoms with E-state index in [2.05, 4.69) is 10.3 Å². The molecule has 1 aromatic heterocycles. The van der Waals surface area contributed by atoms with E-state index in [9.17, 15) is 14.0 Å². The molecule has 2 N–H and O–H groups in total. The highest BCUT2D eigenvalue weighted by atomic mass is 32.1. The number of halogens is 1. The molecule has 0 bridgehead atoms. The maximum atomic E-state index is 12.7. The minimum absolute atomic E-state index is 0.0691. The lowest BCUT2D eigenvalue weighted by atomic mass is 10.2. The van der Waals surface area contributed by atoms with E-state index in [4.69, 9.17) is 12.2 Å². The summed E-state index contributed by atoms with van der Waals surface area (Å²) < 4.78 is 14.1. The average Bonchev–Trinajstić information content (AvgIpc) is 2.39. The maximum Gasteiger partial charge on any atom is 0.266 e. The van der Waals surface area contributed by atoms with Gasteiger partial charge < -0.3 is 10.3 Å². The van der Waals surface area contributed by atoms with Crippen LogP contribution in [0.15, 0.2) is 35.3 Å². The van der Waals surface area contributed by atoms with Crippen LogP contribution in [0.5, 0.6) is 0 Å². The summed E-state index contributed by atoms with van der Waals surface area (Å²) in [6.07, 6.45) is 1.25. The minimum Gasteiger partial charge on any atom is -0.338 e. The van der Waals surface area contributed by atoms with Crippen LogP contribution in [0.25, 0.3) is 0 Å². The Hall–Kier alpha value is -2.28. The molecule has 0 radical (unpaired) electrons. The summed E-state index contributed by atoms with van der Waals surface area (Å²) >= 11 is 4.86. The Morgan fingerprint density at radius 3 is 2.63 bits per heavy atom. The van der Waals surface area contributed by atoms with Crippen LogP contribution in [-0.4, -0.2) is 15.5 Å². The number of nitrogens with one attached hydrogen (secondary N) is 2. The topological polar surface area (TPSA) is 66.9 Å². The maximum absolute atomic E-state index is 12.7. The van der Waals surface area contributed by atoms with Crippen LogP contribution in [-0.2, 0) is 7.05 Å². The molecule has 19 heavy (non-hydrogen) atoms. The van der Waals surface area contributed by atoms with Gasteiger partial charge in [-0.25, -0.2) is 4.39 Å². The second kappa shape index (κ2) is 5.15. The van der Waals surface area contributed by atoms with Gasteiger partial charge in [-0.15, -0.1) is 0 Å². The zero-order valence-corrected chi connectivity index (χ0v) is 10.8. The van der Waals surface area contributed by atoms with Crippen molar-refractivity contribution < 1.29 is 9.18 Å². The fourth-order valence-corrected chi connectivity index (χ4v) is 1.60. The summed E-state index contributed by atoms with van der Waals surface area (Å²) in [5.74, 6) is -0.990. The molecule has 2 rings (SSSR count). The zero-order valence-electron chi connectivity index (χ0n) is 9.94. The number of anilines is 1. The lowest BCUT2D eigenvalue weighted by Gasteiger charge is -2.06. The molecule has 1 heterocycles. The summed E-state index contributed by atoms with van der Waals surface area (Å²) in [4.78, 5) is 26.4.